The second-order valence-corrected chi connectivity index (χ2v) is 9.17. The quantitative estimate of drug-likeness (QED) is 0.477. The minimum atomic E-state index is -0.703. The maximum atomic E-state index is 14.8. The molecular weight excluding hydrogens is 473 g/mol. The third kappa shape index (κ3) is 5.01. The van der Waals surface area contributed by atoms with Crippen molar-refractivity contribution < 1.29 is 14.3 Å². The highest BCUT2D eigenvalue weighted by Gasteiger charge is 2.27. The zero-order chi connectivity index (χ0) is 25.3. The van der Waals surface area contributed by atoms with Gasteiger partial charge in [-0.3, -0.25) is 19.1 Å². The largest absolute Gasteiger partial charge is 0.392 e. The lowest BCUT2D eigenvalue weighted by molar-refractivity contribution is 0.0924. The number of nitrogens with one attached hydrogen (secondary N) is 2. The molecule has 184 valence electrons. The molecule has 8 nitrogen and oxygen atoms in total. The SMILES string of the molecule is CC(O)CNC(=O)c1cnccc1Nc1cc(-c2cc(Cl)ccc2F)c(=O)n2c1N(C)C(C)CC2. The number of amides is 1. The number of aliphatic hydroxyl groups excluding tert-OH is 1. The molecule has 0 fully saturated rings. The van der Waals surface area contributed by atoms with Gasteiger partial charge in [0.25, 0.3) is 11.5 Å². The number of carbonyl (C=O) groups is 1. The molecular formula is C25H27ClFN5O3. The molecule has 1 amide bonds. The van der Waals surface area contributed by atoms with Gasteiger partial charge in [0.1, 0.15) is 11.6 Å². The van der Waals surface area contributed by atoms with Crippen LogP contribution in [0.5, 0.6) is 0 Å². The van der Waals surface area contributed by atoms with E-state index in [9.17, 15) is 19.1 Å². The molecule has 1 aliphatic rings. The Labute approximate surface area is 207 Å². The first-order chi connectivity index (χ1) is 16.7. The smallest absolute Gasteiger partial charge is 0.260 e. The summed E-state index contributed by atoms with van der Waals surface area (Å²) in [5.74, 6) is -0.337. The summed E-state index contributed by atoms with van der Waals surface area (Å²) in [6.45, 7) is 4.18. The first kappa shape index (κ1) is 24.7. The molecule has 35 heavy (non-hydrogen) atoms. The molecule has 10 heteroatoms. The van der Waals surface area contributed by atoms with E-state index >= 15 is 0 Å². The molecule has 2 unspecified atom stereocenters. The standard InChI is InChI=1S/C25H27ClFN5O3/c1-14-7-9-32-24(31(14)3)22(11-18(25(32)35)17-10-16(26)4-5-20(17)27)30-21-6-8-28-13-19(21)23(34)29-12-15(2)33/h4-6,8,10-11,13-15,33H,7,9,12H2,1-3H3,(H,28,30)(H,29,34). The van der Waals surface area contributed by atoms with Gasteiger partial charge in [0.2, 0.25) is 0 Å². The molecule has 4 rings (SSSR count). The van der Waals surface area contributed by atoms with Gasteiger partial charge in [0, 0.05) is 49.2 Å². The second kappa shape index (κ2) is 10.1. The molecule has 3 heterocycles. The van der Waals surface area contributed by atoms with Crippen LogP contribution in [0.4, 0.5) is 21.6 Å². The van der Waals surface area contributed by atoms with Crippen molar-refractivity contribution in [1.82, 2.24) is 14.9 Å². The van der Waals surface area contributed by atoms with Gasteiger partial charge in [0.15, 0.2) is 0 Å². The number of anilines is 3. The molecule has 1 aromatic carbocycles. The van der Waals surface area contributed by atoms with Crippen molar-refractivity contribution in [2.24, 2.45) is 0 Å². The lowest BCUT2D eigenvalue weighted by Crippen LogP contribution is -2.41. The average molecular weight is 500 g/mol. The molecule has 0 bridgehead atoms. The number of halogens is 2. The lowest BCUT2D eigenvalue weighted by atomic mass is 10.0. The Morgan fingerprint density at radius 2 is 2.06 bits per heavy atom. The topological polar surface area (TPSA) is 99.5 Å². The predicted molar refractivity (Wildman–Crippen MR) is 135 cm³/mol. The first-order valence-corrected chi connectivity index (χ1v) is 11.7. The summed E-state index contributed by atoms with van der Waals surface area (Å²) < 4.78 is 16.4. The fourth-order valence-corrected chi connectivity index (χ4v) is 4.29. The predicted octanol–water partition coefficient (Wildman–Crippen LogP) is 3.79. The van der Waals surface area contributed by atoms with Crippen molar-refractivity contribution in [3.05, 3.63) is 69.5 Å². The second-order valence-electron chi connectivity index (χ2n) is 8.73. The van der Waals surface area contributed by atoms with Crippen molar-refractivity contribution in [3.63, 3.8) is 0 Å². The molecule has 3 aromatic rings. The Morgan fingerprint density at radius 3 is 2.80 bits per heavy atom. The maximum Gasteiger partial charge on any atom is 0.260 e. The molecule has 2 atom stereocenters. The third-order valence-electron chi connectivity index (χ3n) is 6.14. The number of rotatable bonds is 6. The van der Waals surface area contributed by atoms with Gasteiger partial charge < -0.3 is 20.6 Å². The zero-order valence-electron chi connectivity index (χ0n) is 19.7. The number of nitrogens with zero attached hydrogens (tertiary/aromatic N) is 3. The van der Waals surface area contributed by atoms with Crippen molar-refractivity contribution >= 4 is 34.7 Å². The van der Waals surface area contributed by atoms with Crippen LogP contribution in [0.25, 0.3) is 11.1 Å². The van der Waals surface area contributed by atoms with Gasteiger partial charge in [-0.25, -0.2) is 4.39 Å². The Morgan fingerprint density at radius 1 is 1.29 bits per heavy atom. The van der Waals surface area contributed by atoms with E-state index in [4.69, 9.17) is 11.6 Å². The van der Waals surface area contributed by atoms with Crippen LogP contribution >= 0.6 is 11.6 Å². The third-order valence-corrected chi connectivity index (χ3v) is 6.37. The summed E-state index contributed by atoms with van der Waals surface area (Å²) in [7, 11) is 1.89. The van der Waals surface area contributed by atoms with Crippen molar-refractivity contribution in [2.45, 2.75) is 39.0 Å². The van der Waals surface area contributed by atoms with E-state index in [1.807, 2.05) is 11.9 Å². The van der Waals surface area contributed by atoms with Crippen LogP contribution in [0.1, 0.15) is 30.6 Å². The van der Waals surface area contributed by atoms with Crippen LogP contribution in [0, 0.1) is 5.82 Å². The molecule has 0 spiro atoms. The van der Waals surface area contributed by atoms with Gasteiger partial charge in [0.05, 0.1) is 28.6 Å². The number of fused-ring (bicyclic) bond motifs is 1. The number of carbonyl (C=O) groups excluding carboxylic acids is 1. The Kier molecular flexibility index (Phi) is 7.09. The minimum Gasteiger partial charge on any atom is -0.392 e. The molecule has 3 N–H and O–H groups in total. The monoisotopic (exact) mass is 499 g/mol. The van der Waals surface area contributed by atoms with Crippen LogP contribution in [0.3, 0.4) is 0 Å². The summed E-state index contributed by atoms with van der Waals surface area (Å²) >= 11 is 6.11. The number of benzene rings is 1. The lowest BCUT2D eigenvalue weighted by Gasteiger charge is -2.36. The van der Waals surface area contributed by atoms with Gasteiger partial charge >= 0.3 is 0 Å². The van der Waals surface area contributed by atoms with Crippen LogP contribution in [-0.4, -0.2) is 46.3 Å². The molecule has 0 saturated heterocycles. The summed E-state index contributed by atoms with van der Waals surface area (Å²) in [5, 5.41) is 15.8. The highest BCUT2D eigenvalue weighted by molar-refractivity contribution is 6.30. The number of aliphatic hydroxyl groups is 1. The minimum absolute atomic E-state index is 0.0851. The van der Waals surface area contributed by atoms with Gasteiger partial charge in [-0.2, -0.15) is 0 Å². The molecule has 1 aliphatic heterocycles. The summed E-state index contributed by atoms with van der Waals surface area (Å²) in [6, 6.07) is 7.49. The van der Waals surface area contributed by atoms with Crippen LogP contribution in [0.15, 0.2) is 47.5 Å². The van der Waals surface area contributed by atoms with E-state index < -0.39 is 17.8 Å². The average Bonchev–Trinajstić information content (AvgIpc) is 2.83. The highest BCUT2D eigenvalue weighted by Crippen LogP contribution is 2.36. The van der Waals surface area contributed by atoms with Gasteiger partial charge in [-0.15, -0.1) is 0 Å². The van der Waals surface area contributed by atoms with Gasteiger partial charge in [-0.1, -0.05) is 11.6 Å². The van der Waals surface area contributed by atoms with E-state index in [0.717, 1.165) is 6.42 Å². The summed E-state index contributed by atoms with van der Waals surface area (Å²) in [6.07, 6.45) is 3.00. The first-order valence-electron chi connectivity index (χ1n) is 11.3. The summed E-state index contributed by atoms with van der Waals surface area (Å²) in [5.41, 5.74) is 1.19. The van der Waals surface area contributed by atoms with Crippen LogP contribution < -0.4 is 21.1 Å². The Hall–Kier alpha value is -3.43. The normalized spacial score (nSPS) is 15.9. The molecule has 0 saturated carbocycles. The fraction of sp³-hybridized carbons (Fsp3) is 0.320. The fourth-order valence-electron chi connectivity index (χ4n) is 4.12. The number of aromatic nitrogens is 2. The molecule has 0 aliphatic carbocycles. The van der Waals surface area contributed by atoms with E-state index in [0.29, 0.717) is 28.8 Å². The van der Waals surface area contributed by atoms with E-state index in [-0.39, 0.29) is 34.8 Å². The van der Waals surface area contributed by atoms with Crippen molar-refractivity contribution in [1.29, 1.82) is 0 Å². The highest BCUT2D eigenvalue weighted by atomic mass is 35.5. The van der Waals surface area contributed by atoms with E-state index in [1.165, 1.54) is 24.4 Å². The summed E-state index contributed by atoms with van der Waals surface area (Å²) in [4.78, 5) is 32.3. The Balaban J connectivity index is 1.86. The zero-order valence-corrected chi connectivity index (χ0v) is 20.4. The number of pyridine rings is 2. The molecule has 0 radical (unpaired) electrons. The van der Waals surface area contributed by atoms with E-state index in [1.54, 1.807) is 29.8 Å². The van der Waals surface area contributed by atoms with Crippen LogP contribution in [-0.2, 0) is 6.54 Å². The Bertz CT molecular complexity index is 1330. The number of hydrogen-bond acceptors (Lipinski definition) is 6. The van der Waals surface area contributed by atoms with Crippen LogP contribution in [0.2, 0.25) is 5.02 Å². The maximum absolute atomic E-state index is 14.8. The van der Waals surface area contributed by atoms with E-state index in [2.05, 4.69) is 22.5 Å². The van der Waals surface area contributed by atoms with Crippen molar-refractivity contribution in [2.75, 3.05) is 23.8 Å². The van der Waals surface area contributed by atoms with Gasteiger partial charge in [-0.05, 0) is 50.6 Å². The molecule has 2 aromatic heterocycles. The van der Waals surface area contributed by atoms with Crippen molar-refractivity contribution in [3.8, 4) is 11.1 Å². The number of hydrogen-bond donors (Lipinski definition) is 3.